The standard InChI is InChI=1S/C24H30N4O5S/c1-24(2,12-13-28-16-21(25-17-28)23(30)33-3)26-15-22(29)18-8-7-9-19(14-18)27-34(31,32)20-10-5-4-6-11-20/h4-11,14,16-17,22,26-27,29H,12-13,15H2,1-3H3/t22-/m0/s1. The van der Waals surface area contributed by atoms with Gasteiger partial charge in [-0.3, -0.25) is 4.72 Å². The number of aryl methyl sites for hydroxylation is 1. The zero-order valence-electron chi connectivity index (χ0n) is 19.4. The van der Waals surface area contributed by atoms with Gasteiger partial charge in [0, 0.05) is 30.5 Å². The van der Waals surface area contributed by atoms with Crippen molar-refractivity contribution in [1.82, 2.24) is 14.9 Å². The van der Waals surface area contributed by atoms with Crippen molar-refractivity contribution in [3.05, 3.63) is 78.4 Å². The van der Waals surface area contributed by atoms with Crippen LogP contribution in [0, 0.1) is 0 Å². The first kappa shape index (κ1) is 25.4. The van der Waals surface area contributed by atoms with E-state index in [1.54, 1.807) is 55.0 Å². The summed E-state index contributed by atoms with van der Waals surface area (Å²) >= 11 is 0. The van der Waals surface area contributed by atoms with Gasteiger partial charge in [-0.2, -0.15) is 0 Å². The van der Waals surface area contributed by atoms with Crippen LogP contribution in [0.3, 0.4) is 0 Å². The van der Waals surface area contributed by atoms with Crippen molar-refractivity contribution in [2.45, 2.75) is 43.4 Å². The number of carbonyl (C=O) groups excluding carboxylic acids is 1. The number of imidazole rings is 1. The Morgan fingerprint density at radius 1 is 1.18 bits per heavy atom. The van der Waals surface area contributed by atoms with Crippen molar-refractivity contribution in [2.24, 2.45) is 0 Å². The zero-order chi connectivity index (χ0) is 24.8. The summed E-state index contributed by atoms with van der Waals surface area (Å²) in [6.45, 7) is 4.93. The average molecular weight is 487 g/mol. The van der Waals surface area contributed by atoms with E-state index in [1.807, 2.05) is 18.4 Å². The second-order valence-corrected chi connectivity index (χ2v) is 10.2. The highest BCUT2D eigenvalue weighted by atomic mass is 32.2. The molecule has 10 heteroatoms. The molecule has 0 radical (unpaired) electrons. The number of esters is 1. The number of methoxy groups -OCH3 is 1. The molecular weight excluding hydrogens is 456 g/mol. The molecule has 9 nitrogen and oxygen atoms in total. The maximum absolute atomic E-state index is 12.6. The van der Waals surface area contributed by atoms with Crippen LogP contribution in [0.4, 0.5) is 5.69 Å². The molecular formula is C24H30N4O5S. The second-order valence-electron chi connectivity index (χ2n) is 8.56. The number of rotatable bonds is 11. The molecule has 1 aromatic heterocycles. The third-order valence-corrected chi connectivity index (χ3v) is 6.77. The number of β-amino-alcohol motifs (C(OH)–C–C–N with tert-alkyl or cyclic N) is 1. The number of sulfonamides is 1. The van der Waals surface area contributed by atoms with Gasteiger partial charge in [-0.1, -0.05) is 30.3 Å². The third kappa shape index (κ3) is 6.89. The summed E-state index contributed by atoms with van der Waals surface area (Å²) in [5.41, 5.74) is 0.907. The van der Waals surface area contributed by atoms with Crippen molar-refractivity contribution < 1.29 is 23.1 Å². The SMILES string of the molecule is COC(=O)c1cn(CCC(C)(C)NC[C@H](O)c2cccc(NS(=O)(=O)c3ccccc3)c2)cn1. The first-order valence-corrected chi connectivity index (χ1v) is 12.3. The highest BCUT2D eigenvalue weighted by Crippen LogP contribution is 2.21. The molecule has 1 atom stereocenters. The van der Waals surface area contributed by atoms with Crippen molar-refractivity contribution in [2.75, 3.05) is 18.4 Å². The van der Waals surface area contributed by atoms with E-state index < -0.39 is 22.1 Å². The highest BCUT2D eigenvalue weighted by Gasteiger charge is 2.20. The first-order valence-electron chi connectivity index (χ1n) is 10.8. The number of nitrogens with one attached hydrogen (secondary N) is 2. The van der Waals surface area contributed by atoms with Gasteiger partial charge in [0.15, 0.2) is 5.69 Å². The lowest BCUT2D eigenvalue weighted by Gasteiger charge is -2.28. The lowest BCUT2D eigenvalue weighted by molar-refractivity contribution is 0.0594. The van der Waals surface area contributed by atoms with Crippen LogP contribution in [-0.4, -0.2) is 48.2 Å². The summed E-state index contributed by atoms with van der Waals surface area (Å²) in [6, 6.07) is 14.8. The molecule has 182 valence electrons. The van der Waals surface area contributed by atoms with E-state index in [1.165, 1.54) is 19.2 Å². The predicted octanol–water partition coefficient (Wildman–Crippen LogP) is 2.96. The van der Waals surface area contributed by atoms with Crippen LogP contribution in [0.2, 0.25) is 0 Å². The fourth-order valence-electron chi connectivity index (χ4n) is 3.30. The maximum atomic E-state index is 12.6. The van der Waals surface area contributed by atoms with Gasteiger partial charge >= 0.3 is 5.97 Å². The van der Waals surface area contributed by atoms with E-state index in [9.17, 15) is 18.3 Å². The molecule has 0 aliphatic rings. The van der Waals surface area contributed by atoms with E-state index in [4.69, 9.17) is 0 Å². The van der Waals surface area contributed by atoms with E-state index >= 15 is 0 Å². The Hall–Kier alpha value is -3.21. The Kier molecular flexibility index (Phi) is 8.08. The van der Waals surface area contributed by atoms with Crippen molar-refractivity contribution in [3.63, 3.8) is 0 Å². The Balaban J connectivity index is 1.56. The first-order chi connectivity index (χ1) is 16.1. The number of nitrogens with zero attached hydrogens (tertiary/aromatic N) is 2. The predicted molar refractivity (Wildman–Crippen MR) is 129 cm³/mol. The number of hydrogen-bond donors (Lipinski definition) is 3. The summed E-state index contributed by atoms with van der Waals surface area (Å²) in [5, 5.41) is 14.0. The number of aliphatic hydroxyl groups excluding tert-OH is 1. The van der Waals surface area contributed by atoms with Crippen LogP contribution < -0.4 is 10.0 Å². The summed E-state index contributed by atoms with van der Waals surface area (Å²) in [6.07, 6.45) is 3.10. The number of benzene rings is 2. The summed E-state index contributed by atoms with van der Waals surface area (Å²) in [4.78, 5) is 15.7. The normalized spacial score (nSPS) is 12.8. The Morgan fingerprint density at radius 3 is 2.62 bits per heavy atom. The van der Waals surface area contributed by atoms with E-state index in [2.05, 4.69) is 19.8 Å². The monoisotopic (exact) mass is 486 g/mol. The van der Waals surface area contributed by atoms with Crippen molar-refractivity contribution in [3.8, 4) is 0 Å². The summed E-state index contributed by atoms with van der Waals surface area (Å²) in [7, 11) is -2.40. The van der Waals surface area contributed by atoms with Crippen LogP contribution in [0.1, 0.15) is 42.4 Å². The van der Waals surface area contributed by atoms with Gasteiger partial charge in [0.05, 0.1) is 24.4 Å². The molecule has 0 saturated heterocycles. The lowest BCUT2D eigenvalue weighted by Crippen LogP contribution is -2.42. The molecule has 0 unspecified atom stereocenters. The van der Waals surface area contributed by atoms with E-state index in [0.29, 0.717) is 24.2 Å². The maximum Gasteiger partial charge on any atom is 0.358 e. The van der Waals surface area contributed by atoms with E-state index in [-0.39, 0.29) is 22.7 Å². The molecule has 3 aromatic rings. The summed E-state index contributed by atoms with van der Waals surface area (Å²) in [5.74, 6) is -0.479. The lowest BCUT2D eigenvalue weighted by atomic mass is 9.99. The van der Waals surface area contributed by atoms with Gasteiger partial charge in [-0.15, -0.1) is 0 Å². The molecule has 1 heterocycles. The van der Waals surface area contributed by atoms with Crippen LogP contribution >= 0.6 is 0 Å². The molecule has 34 heavy (non-hydrogen) atoms. The minimum absolute atomic E-state index is 0.168. The average Bonchev–Trinajstić information content (AvgIpc) is 3.31. The molecule has 3 rings (SSSR count). The fourth-order valence-corrected chi connectivity index (χ4v) is 4.37. The zero-order valence-corrected chi connectivity index (χ0v) is 20.2. The topological polar surface area (TPSA) is 123 Å². The van der Waals surface area contributed by atoms with Crippen LogP contribution in [0.5, 0.6) is 0 Å². The molecule has 0 aliphatic heterocycles. The van der Waals surface area contributed by atoms with Crippen molar-refractivity contribution in [1.29, 1.82) is 0 Å². The number of hydrogen-bond acceptors (Lipinski definition) is 7. The minimum atomic E-state index is -3.71. The largest absolute Gasteiger partial charge is 0.464 e. The van der Waals surface area contributed by atoms with Crippen molar-refractivity contribution >= 4 is 21.7 Å². The number of anilines is 1. The number of ether oxygens (including phenoxy) is 1. The van der Waals surface area contributed by atoms with Crippen LogP contribution in [0.15, 0.2) is 72.0 Å². The smallest absolute Gasteiger partial charge is 0.358 e. The van der Waals surface area contributed by atoms with Gasteiger partial charge < -0.3 is 19.7 Å². The number of carbonyl (C=O) groups is 1. The molecule has 0 bridgehead atoms. The summed E-state index contributed by atoms with van der Waals surface area (Å²) < 4.78 is 34.2. The van der Waals surface area contributed by atoms with Gasteiger partial charge in [0.25, 0.3) is 10.0 Å². The number of aliphatic hydroxyl groups is 1. The minimum Gasteiger partial charge on any atom is -0.464 e. The molecule has 0 fully saturated rings. The van der Waals surface area contributed by atoms with Gasteiger partial charge in [-0.25, -0.2) is 18.2 Å². The molecule has 2 aromatic carbocycles. The molecule has 0 aliphatic carbocycles. The van der Waals surface area contributed by atoms with Crippen LogP contribution in [-0.2, 0) is 21.3 Å². The second kappa shape index (κ2) is 10.8. The van der Waals surface area contributed by atoms with Gasteiger partial charge in [-0.05, 0) is 50.1 Å². The van der Waals surface area contributed by atoms with Gasteiger partial charge in [0.2, 0.25) is 0 Å². The highest BCUT2D eigenvalue weighted by molar-refractivity contribution is 7.92. The molecule has 0 saturated carbocycles. The Labute approximate surface area is 199 Å². The Bertz CT molecular complexity index is 1210. The van der Waals surface area contributed by atoms with E-state index in [0.717, 1.165) is 0 Å². The molecule has 0 spiro atoms. The van der Waals surface area contributed by atoms with Gasteiger partial charge in [0.1, 0.15) is 0 Å². The quantitative estimate of drug-likeness (QED) is 0.356. The molecule has 0 amide bonds. The number of aromatic nitrogens is 2. The molecule has 3 N–H and O–H groups in total. The Morgan fingerprint density at radius 2 is 1.91 bits per heavy atom. The third-order valence-electron chi connectivity index (χ3n) is 5.37. The van der Waals surface area contributed by atoms with Crippen LogP contribution in [0.25, 0.3) is 0 Å². The fraction of sp³-hybridized carbons (Fsp3) is 0.333.